The minimum absolute atomic E-state index is 0.0939. The van der Waals surface area contributed by atoms with Gasteiger partial charge in [-0.1, -0.05) is 6.08 Å². The summed E-state index contributed by atoms with van der Waals surface area (Å²) in [6, 6.07) is 0. The fraction of sp³-hybridized carbons (Fsp3) is 0.875. The molecule has 0 radical (unpaired) electrons. The zero-order chi connectivity index (χ0) is 15.7. The van der Waals surface area contributed by atoms with Crippen LogP contribution in [0.2, 0.25) is 0 Å². The van der Waals surface area contributed by atoms with Crippen molar-refractivity contribution < 1.29 is 18.8 Å². The molecule has 0 N–H and O–H groups in total. The summed E-state index contributed by atoms with van der Waals surface area (Å²) in [7, 11) is 3.30. The van der Waals surface area contributed by atoms with Crippen LogP contribution in [0, 0.1) is 5.41 Å². The summed E-state index contributed by atoms with van der Waals surface area (Å²) in [5.41, 5.74) is 0.811. The first-order valence-corrected chi connectivity index (χ1v) is 7.78. The Morgan fingerprint density at radius 1 is 1.05 bits per heavy atom. The summed E-state index contributed by atoms with van der Waals surface area (Å²) in [5, 5.41) is 0. The Morgan fingerprint density at radius 2 is 1.57 bits per heavy atom. The average molecular weight is 296 g/mol. The van der Waals surface area contributed by atoms with E-state index in [2.05, 4.69) is 33.8 Å². The number of hydrogen-bond acceptors (Lipinski definition) is 4. The highest BCUT2D eigenvalue weighted by molar-refractivity contribution is 6.54. The van der Waals surface area contributed by atoms with Gasteiger partial charge in [0.05, 0.1) is 24.4 Å². The van der Waals surface area contributed by atoms with Crippen molar-refractivity contribution >= 4 is 7.12 Å². The van der Waals surface area contributed by atoms with Gasteiger partial charge in [0, 0.05) is 19.6 Å². The van der Waals surface area contributed by atoms with Gasteiger partial charge in [-0.2, -0.15) is 0 Å². The molecule has 0 unspecified atom stereocenters. The molecule has 1 saturated heterocycles. The van der Waals surface area contributed by atoms with Gasteiger partial charge in [-0.05, 0) is 52.4 Å². The van der Waals surface area contributed by atoms with E-state index in [0.717, 1.165) is 32.5 Å². The van der Waals surface area contributed by atoms with Gasteiger partial charge in [0.2, 0.25) is 0 Å². The van der Waals surface area contributed by atoms with E-state index in [1.54, 1.807) is 14.2 Å². The third-order valence-electron chi connectivity index (χ3n) is 5.20. The Labute approximate surface area is 129 Å². The van der Waals surface area contributed by atoms with Crippen LogP contribution in [0.25, 0.3) is 0 Å². The first kappa shape index (κ1) is 17.0. The molecule has 5 heteroatoms. The zero-order valence-corrected chi connectivity index (χ0v) is 14.3. The van der Waals surface area contributed by atoms with Crippen LogP contribution < -0.4 is 0 Å². The van der Waals surface area contributed by atoms with Crippen molar-refractivity contribution in [1.82, 2.24) is 0 Å². The molecule has 4 nitrogen and oxygen atoms in total. The fourth-order valence-electron chi connectivity index (χ4n) is 3.09. The van der Waals surface area contributed by atoms with Gasteiger partial charge < -0.3 is 18.8 Å². The Hall–Kier alpha value is -0.355. The van der Waals surface area contributed by atoms with E-state index in [-0.39, 0.29) is 23.7 Å². The first-order valence-electron chi connectivity index (χ1n) is 7.78. The smallest absolute Gasteiger partial charge is 0.400 e. The summed E-state index contributed by atoms with van der Waals surface area (Å²) in [6.07, 6.45) is 5.24. The molecule has 0 atom stereocenters. The van der Waals surface area contributed by atoms with Gasteiger partial charge in [0.15, 0.2) is 0 Å². The van der Waals surface area contributed by atoms with Crippen LogP contribution >= 0.6 is 0 Å². The van der Waals surface area contributed by atoms with Crippen LogP contribution in [0.3, 0.4) is 0 Å². The van der Waals surface area contributed by atoms with Gasteiger partial charge in [-0.15, -0.1) is 0 Å². The summed E-state index contributed by atoms with van der Waals surface area (Å²) >= 11 is 0. The molecular formula is C16H29BO4. The molecule has 0 aromatic carbocycles. The molecule has 0 amide bonds. The van der Waals surface area contributed by atoms with Crippen molar-refractivity contribution in [2.75, 3.05) is 27.4 Å². The van der Waals surface area contributed by atoms with Crippen LogP contribution in [0.1, 0.15) is 47.0 Å². The minimum atomic E-state index is -0.272. The van der Waals surface area contributed by atoms with Crippen LogP contribution in [-0.2, 0) is 18.8 Å². The Balaban J connectivity index is 2.07. The van der Waals surface area contributed by atoms with E-state index in [4.69, 9.17) is 18.8 Å². The van der Waals surface area contributed by atoms with E-state index in [0.29, 0.717) is 0 Å². The maximum absolute atomic E-state index is 6.14. The molecule has 0 spiro atoms. The second-order valence-electron chi connectivity index (χ2n) is 7.44. The van der Waals surface area contributed by atoms with Crippen LogP contribution in [0.15, 0.2) is 11.5 Å². The van der Waals surface area contributed by atoms with Gasteiger partial charge in [0.25, 0.3) is 0 Å². The van der Waals surface area contributed by atoms with Gasteiger partial charge >= 0.3 is 7.12 Å². The second kappa shape index (κ2) is 6.03. The molecule has 2 aliphatic rings. The van der Waals surface area contributed by atoms with E-state index < -0.39 is 0 Å². The van der Waals surface area contributed by atoms with Crippen molar-refractivity contribution in [3.05, 3.63) is 11.5 Å². The van der Waals surface area contributed by atoms with E-state index in [9.17, 15) is 0 Å². The minimum Gasteiger partial charge on any atom is -0.400 e. The molecule has 0 saturated carbocycles. The van der Waals surface area contributed by atoms with Crippen molar-refractivity contribution in [2.24, 2.45) is 5.41 Å². The lowest BCUT2D eigenvalue weighted by Crippen LogP contribution is -2.41. The molecule has 0 bridgehead atoms. The number of allylic oxidation sites excluding steroid dienone is 2. The lowest BCUT2D eigenvalue weighted by Gasteiger charge is -2.35. The average Bonchev–Trinajstić information content (AvgIpc) is 2.60. The van der Waals surface area contributed by atoms with Crippen LogP contribution in [0.4, 0.5) is 0 Å². The molecule has 2 rings (SSSR count). The van der Waals surface area contributed by atoms with E-state index in [1.165, 1.54) is 5.47 Å². The van der Waals surface area contributed by atoms with Crippen molar-refractivity contribution in [1.29, 1.82) is 0 Å². The quantitative estimate of drug-likeness (QED) is 0.731. The molecule has 0 aromatic rings. The van der Waals surface area contributed by atoms with Gasteiger partial charge in [-0.25, -0.2) is 0 Å². The monoisotopic (exact) mass is 296 g/mol. The number of ether oxygens (including phenoxy) is 2. The Bertz CT molecular complexity index is 381. The molecule has 120 valence electrons. The SMILES string of the molecule is COCC1(COC)CC=C(B2OC(C)(C)C(C)(C)O2)CC1. The summed E-state index contributed by atoms with van der Waals surface area (Å²) in [4.78, 5) is 0. The van der Waals surface area contributed by atoms with Crippen molar-refractivity contribution in [3.8, 4) is 0 Å². The third kappa shape index (κ3) is 3.36. The highest BCUT2D eigenvalue weighted by Gasteiger charge is 2.52. The number of hydrogen-bond donors (Lipinski definition) is 0. The summed E-state index contributed by atoms with van der Waals surface area (Å²) in [5.74, 6) is 0. The highest BCUT2D eigenvalue weighted by atomic mass is 16.7. The molecular weight excluding hydrogens is 267 g/mol. The predicted molar refractivity (Wildman–Crippen MR) is 84.2 cm³/mol. The number of methoxy groups -OCH3 is 2. The second-order valence-corrected chi connectivity index (χ2v) is 7.44. The molecule has 1 aliphatic carbocycles. The summed E-state index contributed by atoms with van der Waals surface area (Å²) < 4.78 is 23.1. The Kier molecular flexibility index (Phi) is 4.89. The van der Waals surface area contributed by atoms with E-state index >= 15 is 0 Å². The first-order chi connectivity index (χ1) is 9.75. The normalized spacial score (nSPS) is 26.8. The largest absolute Gasteiger partial charge is 0.490 e. The lowest BCUT2D eigenvalue weighted by molar-refractivity contribution is 0.00366. The zero-order valence-electron chi connectivity index (χ0n) is 14.3. The highest BCUT2D eigenvalue weighted by Crippen LogP contribution is 2.43. The molecule has 1 fully saturated rings. The summed E-state index contributed by atoms with van der Waals surface area (Å²) in [6.45, 7) is 9.84. The maximum atomic E-state index is 6.14. The van der Waals surface area contributed by atoms with Crippen LogP contribution in [0.5, 0.6) is 0 Å². The fourth-order valence-corrected chi connectivity index (χ4v) is 3.09. The third-order valence-corrected chi connectivity index (χ3v) is 5.20. The molecule has 0 aromatic heterocycles. The van der Waals surface area contributed by atoms with Gasteiger partial charge in [-0.3, -0.25) is 0 Å². The molecule has 1 aliphatic heterocycles. The standard InChI is InChI=1S/C16H29BO4/c1-14(2)15(3,4)21-17(20-14)13-7-9-16(10-8-13,11-18-5)12-19-6/h7H,8-12H2,1-6H3. The van der Waals surface area contributed by atoms with Crippen LogP contribution in [-0.4, -0.2) is 45.8 Å². The number of rotatable bonds is 5. The molecule has 21 heavy (non-hydrogen) atoms. The molecule has 1 heterocycles. The lowest BCUT2D eigenvalue weighted by atomic mass is 9.66. The Morgan fingerprint density at radius 3 is 1.95 bits per heavy atom. The maximum Gasteiger partial charge on any atom is 0.490 e. The topological polar surface area (TPSA) is 36.9 Å². The predicted octanol–water partition coefficient (Wildman–Crippen LogP) is 3.01. The van der Waals surface area contributed by atoms with E-state index in [1.807, 2.05) is 0 Å². The van der Waals surface area contributed by atoms with Crippen molar-refractivity contribution in [2.45, 2.75) is 58.2 Å². The van der Waals surface area contributed by atoms with Crippen molar-refractivity contribution in [3.63, 3.8) is 0 Å². The van der Waals surface area contributed by atoms with Gasteiger partial charge in [0.1, 0.15) is 0 Å².